The maximum absolute atomic E-state index is 5.26. The normalized spacial score (nSPS) is 11.2. The van der Waals surface area contributed by atoms with Crippen molar-refractivity contribution in [2.45, 2.75) is 39.7 Å². The van der Waals surface area contributed by atoms with Gasteiger partial charge in [0.25, 0.3) is 0 Å². The molecular formula is C15H21N3O. The molecule has 0 amide bonds. The minimum absolute atomic E-state index is 0.476. The summed E-state index contributed by atoms with van der Waals surface area (Å²) >= 11 is 0. The Labute approximate surface area is 114 Å². The highest BCUT2D eigenvalue weighted by Crippen LogP contribution is 2.16. The van der Waals surface area contributed by atoms with Crippen molar-refractivity contribution in [3.05, 3.63) is 35.7 Å². The van der Waals surface area contributed by atoms with Gasteiger partial charge in [0.1, 0.15) is 0 Å². The molecule has 4 nitrogen and oxygen atoms in total. The quantitative estimate of drug-likeness (QED) is 0.866. The zero-order valence-corrected chi connectivity index (χ0v) is 11.8. The monoisotopic (exact) mass is 259 g/mol. The predicted molar refractivity (Wildman–Crippen MR) is 76.0 cm³/mol. The first-order valence-electron chi connectivity index (χ1n) is 6.84. The topological polar surface area (TPSA) is 51.0 Å². The molecule has 0 bridgehead atoms. The van der Waals surface area contributed by atoms with E-state index in [-0.39, 0.29) is 0 Å². The lowest BCUT2D eigenvalue weighted by Gasteiger charge is -2.04. The SMILES string of the molecule is CCc1ccc(-c2noc(CCNC(C)C)n2)cc1. The summed E-state index contributed by atoms with van der Waals surface area (Å²) in [5.74, 6) is 1.35. The van der Waals surface area contributed by atoms with E-state index in [1.807, 2.05) is 12.1 Å². The highest BCUT2D eigenvalue weighted by molar-refractivity contribution is 5.54. The predicted octanol–water partition coefficient (Wildman–Crippen LogP) is 2.84. The van der Waals surface area contributed by atoms with Crippen LogP contribution in [-0.2, 0) is 12.8 Å². The van der Waals surface area contributed by atoms with Crippen LogP contribution in [0.4, 0.5) is 0 Å². The van der Waals surface area contributed by atoms with Crippen molar-refractivity contribution in [3.63, 3.8) is 0 Å². The van der Waals surface area contributed by atoms with Gasteiger partial charge in [-0.05, 0) is 12.0 Å². The lowest BCUT2D eigenvalue weighted by Crippen LogP contribution is -2.25. The molecule has 1 aromatic carbocycles. The molecular weight excluding hydrogens is 238 g/mol. The number of aromatic nitrogens is 2. The Kier molecular flexibility index (Phi) is 4.68. The van der Waals surface area contributed by atoms with Crippen LogP contribution in [0.2, 0.25) is 0 Å². The van der Waals surface area contributed by atoms with Gasteiger partial charge in [-0.1, -0.05) is 50.2 Å². The van der Waals surface area contributed by atoms with Crippen molar-refractivity contribution in [3.8, 4) is 11.4 Å². The first-order valence-corrected chi connectivity index (χ1v) is 6.84. The van der Waals surface area contributed by atoms with Crippen LogP contribution < -0.4 is 5.32 Å². The molecule has 1 aromatic heterocycles. The fraction of sp³-hybridized carbons (Fsp3) is 0.467. The van der Waals surface area contributed by atoms with Crippen molar-refractivity contribution in [2.75, 3.05) is 6.54 Å². The highest BCUT2D eigenvalue weighted by atomic mass is 16.5. The molecule has 2 rings (SSSR count). The standard InChI is InChI=1S/C15H21N3O/c1-4-12-5-7-13(8-6-12)15-17-14(19-18-15)9-10-16-11(2)3/h5-8,11,16H,4,9-10H2,1-3H3. The third kappa shape index (κ3) is 3.89. The summed E-state index contributed by atoms with van der Waals surface area (Å²) in [6, 6.07) is 8.76. The van der Waals surface area contributed by atoms with Crippen LogP contribution in [0.15, 0.2) is 28.8 Å². The molecule has 0 fully saturated rings. The molecule has 1 heterocycles. The van der Waals surface area contributed by atoms with Crippen molar-refractivity contribution < 1.29 is 4.52 Å². The zero-order chi connectivity index (χ0) is 13.7. The van der Waals surface area contributed by atoms with E-state index in [0.29, 0.717) is 17.8 Å². The number of rotatable bonds is 6. The van der Waals surface area contributed by atoms with E-state index in [2.05, 4.69) is 48.4 Å². The number of hydrogen-bond acceptors (Lipinski definition) is 4. The van der Waals surface area contributed by atoms with Crippen molar-refractivity contribution >= 4 is 0 Å². The minimum atomic E-state index is 0.476. The second-order valence-corrected chi connectivity index (χ2v) is 4.92. The van der Waals surface area contributed by atoms with Crippen LogP contribution in [0.25, 0.3) is 11.4 Å². The van der Waals surface area contributed by atoms with Gasteiger partial charge < -0.3 is 9.84 Å². The highest BCUT2D eigenvalue weighted by Gasteiger charge is 2.08. The Morgan fingerprint density at radius 3 is 2.58 bits per heavy atom. The molecule has 102 valence electrons. The Morgan fingerprint density at radius 1 is 1.21 bits per heavy atom. The fourth-order valence-corrected chi connectivity index (χ4v) is 1.83. The molecule has 0 atom stereocenters. The van der Waals surface area contributed by atoms with Crippen LogP contribution in [0.5, 0.6) is 0 Å². The Hall–Kier alpha value is -1.68. The van der Waals surface area contributed by atoms with E-state index in [1.165, 1.54) is 5.56 Å². The minimum Gasteiger partial charge on any atom is -0.339 e. The largest absolute Gasteiger partial charge is 0.339 e. The molecule has 0 aliphatic carbocycles. The van der Waals surface area contributed by atoms with E-state index < -0.39 is 0 Å². The Balaban J connectivity index is 1.99. The number of hydrogen-bond donors (Lipinski definition) is 1. The van der Waals surface area contributed by atoms with Gasteiger partial charge in [-0.25, -0.2) is 0 Å². The van der Waals surface area contributed by atoms with E-state index >= 15 is 0 Å². The van der Waals surface area contributed by atoms with Gasteiger partial charge in [0, 0.05) is 24.6 Å². The number of benzene rings is 1. The third-order valence-corrected chi connectivity index (χ3v) is 2.98. The molecule has 19 heavy (non-hydrogen) atoms. The summed E-state index contributed by atoms with van der Waals surface area (Å²) < 4.78 is 5.26. The van der Waals surface area contributed by atoms with Gasteiger partial charge in [0.05, 0.1) is 0 Å². The van der Waals surface area contributed by atoms with Crippen molar-refractivity contribution in [1.82, 2.24) is 15.5 Å². The first kappa shape index (κ1) is 13.7. The van der Waals surface area contributed by atoms with E-state index in [1.54, 1.807) is 0 Å². The molecule has 0 unspecified atom stereocenters. The molecule has 1 N–H and O–H groups in total. The molecule has 0 spiro atoms. The van der Waals surface area contributed by atoms with Crippen LogP contribution in [0.1, 0.15) is 32.2 Å². The first-order chi connectivity index (χ1) is 9.19. The van der Waals surface area contributed by atoms with Gasteiger partial charge in [-0.3, -0.25) is 0 Å². The maximum atomic E-state index is 5.26. The smallest absolute Gasteiger partial charge is 0.228 e. The second kappa shape index (κ2) is 6.48. The Bertz CT molecular complexity index is 502. The molecule has 0 radical (unpaired) electrons. The molecule has 4 heteroatoms. The lowest BCUT2D eigenvalue weighted by molar-refractivity contribution is 0.374. The lowest BCUT2D eigenvalue weighted by atomic mass is 10.1. The second-order valence-electron chi connectivity index (χ2n) is 4.92. The molecule has 0 aliphatic heterocycles. The zero-order valence-electron chi connectivity index (χ0n) is 11.8. The fourth-order valence-electron chi connectivity index (χ4n) is 1.83. The van der Waals surface area contributed by atoms with Crippen molar-refractivity contribution in [1.29, 1.82) is 0 Å². The van der Waals surface area contributed by atoms with Gasteiger partial charge >= 0.3 is 0 Å². The van der Waals surface area contributed by atoms with Gasteiger partial charge in [-0.2, -0.15) is 4.98 Å². The number of aryl methyl sites for hydroxylation is 1. The average Bonchev–Trinajstić information content (AvgIpc) is 2.87. The average molecular weight is 259 g/mol. The van der Waals surface area contributed by atoms with Gasteiger partial charge in [0.2, 0.25) is 11.7 Å². The maximum Gasteiger partial charge on any atom is 0.228 e. The van der Waals surface area contributed by atoms with Crippen LogP contribution in [0.3, 0.4) is 0 Å². The molecule has 0 aliphatic rings. The van der Waals surface area contributed by atoms with E-state index in [0.717, 1.165) is 24.9 Å². The summed E-state index contributed by atoms with van der Waals surface area (Å²) in [6.07, 6.45) is 1.80. The Morgan fingerprint density at radius 2 is 1.95 bits per heavy atom. The van der Waals surface area contributed by atoms with Crippen LogP contribution in [0, 0.1) is 0 Å². The summed E-state index contributed by atoms with van der Waals surface area (Å²) in [6.45, 7) is 7.24. The van der Waals surface area contributed by atoms with Crippen LogP contribution in [-0.4, -0.2) is 22.7 Å². The summed E-state index contributed by atoms with van der Waals surface area (Å²) in [5.41, 5.74) is 2.32. The summed E-state index contributed by atoms with van der Waals surface area (Å²) in [5, 5.41) is 7.36. The molecule has 0 saturated heterocycles. The van der Waals surface area contributed by atoms with Crippen LogP contribution >= 0.6 is 0 Å². The number of nitrogens with one attached hydrogen (secondary N) is 1. The molecule has 2 aromatic rings. The van der Waals surface area contributed by atoms with E-state index in [4.69, 9.17) is 4.52 Å². The third-order valence-electron chi connectivity index (χ3n) is 2.98. The van der Waals surface area contributed by atoms with Gasteiger partial charge in [-0.15, -0.1) is 0 Å². The van der Waals surface area contributed by atoms with E-state index in [9.17, 15) is 0 Å². The summed E-state index contributed by atoms with van der Waals surface area (Å²) in [4.78, 5) is 4.42. The van der Waals surface area contributed by atoms with Crippen molar-refractivity contribution in [2.24, 2.45) is 0 Å². The van der Waals surface area contributed by atoms with Gasteiger partial charge in [0.15, 0.2) is 0 Å². The molecule has 0 saturated carbocycles. The number of nitrogens with zero attached hydrogens (tertiary/aromatic N) is 2. The summed E-state index contributed by atoms with van der Waals surface area (Å²) in [7, 11) is 0.